The van der Waals surface area contributed by atoms with E-state index in [0.717, 1.165) is 24.8 Å². The number of thiophene rings is 1. The first kappa shape index (κ1) is 20.1. The van der Waals surface area contributed by atoms with E-state index in [0.29, 0.717) is 16.4 Å². The van der Waals surface area contributed by atoms with Crippen molar-refractivity contribution in [1.29, 1.82) is 0 Å². The van der Waals surface area contributed by atoms with Gasteiger partial charge in [0.1, 0.15) is 6.04 Å². The molecule has 0 saturated carbocycles. The van der Waals surface area contributed by atoms with Crippen LogP contribution in [0.15, 0.2) is 30.3 Å². The molecule has 28 heavy (non-hydrogen) atoms. The van der Waals surface area contributed by atoms with Crippen molar-refractivity contribution in [2.45, 2.75) is 46.1 Å². The highest BCUT2D eigenvalue weighted by Crippen LogP contribution is 2.32. The number of hydrogen-bond acceptors (Lipinski definition) is 4. The molecule has 1 aromatic carbocycles. The molecular formula is C21H25N3O3S. The van der Waals surface area contributed by atoms with Gasteiger partial charge in [0.2, 0.25) is 0 Å². The average Bonchev–Trinajstić information content (AvgIpc) is 3.08. The van der Waals surface area contributed by atoms with Crippen LogP contribution in [-0.4, -0.2) is 23.8 Å². The lowest BCUT2D eigenvalue weighted by atomic mass is 9.90. The van der Waals surface area contributed by atoms with E-state index in [2.05, 4.69) is 23.1 Å². The molecule has 0 bridgehead atoms. The minimum Gasteiger partial charge on any atom is -0.340 e. The Kier molecular flexibility index (Phi) is 6.14. The highest BCUT2D eigenvalue weighted by molar-refractivity contribution is 7.14. The Hall–Kier alpha value is -2.67. The molecular weight excluding hydrogens is 374 g/mol. The lowest BCUT2D eigenvalue weighted by molar-refractivity contribution is -0.123. The zero-order chi connectivity index (χ0) is 20.3. The summed E-state index contributed by atoms with van der Waals surface area (Å²) in [5, 5.41) is 2.63. The van der Waals surface area contributed by atoms with Crippen LogP contribution in [0.3, 0.4) is 0 Å². The van der Waals surface area contributed by atoms with Crippen molar-refractivity contribution in [1.82, 2.24) is 16.2 Å². The van der Waals surface area contributed by atoms with Crippen molar-refractivity contribution < 1.29 is 14.4 Å². The number of carbonyl (C=O) groups is 3. The van der Waals surface area contributed by atoms with Gasteiger partial charge in [0.25, 0.3) is 17.7 Å². The molecule has 1 aliphatic carbocycles. The second-order valence-corrected chi connectivity index (χ2v) is 8.55. The summed E-state index contributed by atoms with van der Waals surface area (Å²) in [6, 6.07) is 8.25. The maximum atomic E-state index is 12.3. The SMILES string of the molecule is Cc1cccc(C(=O)N[C@@H](C)C(=O)NNC(=O)c2cc3c(s2)CC[C@@H](C)C3)c1. The number of amides is 3. The monoisotopic (exact) mass is 399 g/mol. The fourth-order valence-electron chi connectivity index (χ4n) is 3.24. The van der Waals surface area contributed by atoms with E-state index in [1.165, 1.54) is 21.8 Å². The fourth-order valence-corrected chi connectivity index (χ4v) is 4.34. The summed E-state index contributed by atoms with van der Waals surface area (Å²) in [5.74, 6) is -0.518. The summed E-state index contributed by atoms with van der Waals surface area (Å²) in [7, 11) is 0. The van der Waals surface area contributed by atoms with Gasteiger partial charge in [0, 0.05) is 10.4 Å². The summed E-state index contributed by atoms with van der Waals surface area (Å²) < 4.78 is 0. The maximum Gasteiger partial charge on any atom is 0.279 e. The van der Waals surface area contributed by atoms with Gasteiger partial charge in [-0.1, -0.05) is 24.6 Å². The molecule has 1 aromatic heterocycles. The Balaban J connectivity index is 1.52. The molecule has 1 heterocycles. The normalized spacial score (nSPS) is 16.6. The minimum atomic E-state index is -0.786. The van der Waals surface area contributed by atoms with Crippen molar-refractivity contribution in [3.8, 4) is 0 Å². The van der Waals surface area contributed by atoms with E-state index in [1.807, 2.05) is 19.1 Å². The third kappa shape index (κ3) is 4.78. The molecule has 6 nitrogen and oxygen atoms in total. The summed E-state index contributed by atoms with van der Waals surface area (Å²) in [5.41, 5.74) is 7.52. The molecule has 0 unspecified atom stereocenters. The Morgan fingerprint density at radius 3 is 2.68 bits per heavy atom. The van der Waals surface area contributed by atoms with Crippen LogP contribution in [0.4, 0.5) is 0 Å². The quantitative estimate of drug-likeness (QED) is 0.691. The third-order valence-corrected chi connectivity index (χ3v) is 6.11. The number of benzene rings is 1. The van der Waals surface area contributed by atoms with Crippen LogP contribution in [-0.2, 0) is 17.6 Å². The largest absolute Gasteiger partial charge is 0.340 e. The molecule has 1 aliphatic rings. The van der Waals surface area contributed by atoms with E-state index < -0.39 is 11.9 Å². The first-order chi connectivity index (χ1) is 13.3. The van der Waals surface area contributed by atoms with Crippen molar-refractivity contribution in [3.63, 3.8) is 0 Å². The summed E-state index contributed by atoms with van der Waals surface area (Å²) in [4.78, 5) is 38.6. The van der Waals surface area contributed by atoms with E-state index in [9.17, 15) is 14.4 Å². The van der Waals surface area contributed by atoms with Gasteiger partial charge in [-0.05, 0) is 62.8 Å². The summed E-state index contributed by atoms with van der Waals surface area (Å²) in [6.07, 6.45) is 3.14. The number of nitrogens with one attached hydrogen (secondary N) is 3. The number of carbonyl (C=O) groups excluding carboxylic acids is 3. The minimum absolute atomic E-state index is 0.335. The van der Waals surface area contributed by atoms with E-state index in [4.69, 9.17) is 0 Å². The molecule has 2 atom stereocenters. The number of hydrazine groups is 1. The van der Waals surface area contributed by atoms with Gasteiger partial charge in [-0.3, -0.25) is 25.2 Å². The number of hydrogen-bond donors (Lipinski definition) is 3. The van der Waals surface area contributed by atoms with Gasteiger partial charge in [-0.15, -0.1) is 11.3 Å². The van der Waals surface area contributed by atoms with Crippen LogP contribution in [0.5, 0.6) is 0 Å². The Morgan fingerprint density at radius 1 is 1.14 bits per heavy atom. The zero-order valence-electron chi connectivity index (χ0n) is 16.3. The van der Waals surface area contributed by atoms with Crippen LogP contribution >= 0.6 is 11.3 Å². The van der Waals surface area contributed by atoms with Gasteiger partial charge in [-0.2, -0.15) is 0 Å². The van der Waals surface area contributed by atoms with Gasteiger partial charge in [0.05, 0.1) is 4.88 Å². The fraction of sp³-hybridized carbons (Fsp3) is 0.381. The number of aryl methyl sites for hydroxylation is 2. The first-order valence-corrected chi connectivity index (χ1v) is 10.2. The first-order valence-electron chi connectivity index (χ1n) is 9.42. The third-order valence-electron chi connectivity index (χ3n) is 4.87. The van der Waals surface area contributed by atoms with Crippen molar-refractivity contribution >= 4 is 29.1 Å². The van der Waals surface area contributed by atoms with Gasteiger partial charge in [0.15, 0.2) is 0 Å². The van der Waals surface area contributed by atoms with Gasteiger partial charge < -0.3 is 5.32 Å². The van der Waals surface area contributed by atoms with Crippen LogP contribution < -0.4 is 16.2 Å². The molecule has 3 rings (SSSR count). The molecule has 148 valence electrons. The highest BCUT2D eigenvalue weighted by atomic mass is 32.1. The second kappa shape index (κ2) is 8.56. The Bertz CT molecular complexity index is 906. The number of rotatable bonds is 4. The van der Waals surface area contributed by atoms with Crippen LogP contribution in [0.25, 0.3) is 0 Å². The van der Waals surface area contributed by atoms with E-state index in [1.54, 1.807) is 25.1 Å². The summed E-state index contributed by atoms with van der Waals surface area (Å²) >= 11 is 1.48. The standard InChI is InChI=1S/C21H25N3O3S/c1-12-5-4-6-15(9-12)20(26)22-14(3)19(25)23-24-21(27)18-11-16-10-13(2)7-8-17(16)28-18/h4-6,9,11,13-14H,7-8,10H2,1-3H3,(H,22,26)(H,23,25)(H,24,27)/t13-,14+/m1/s1. The van der Waals surface area contributed by atoms with Crippen LogP contribution in [0, 0.1) is 12.8 Å². The van der Waals surface area contributed by atoms with Crippen molar-refractivity contribution in [3.05, 3.63) is 56.8 Å². The molecule has 3 N–H and O–H groups in total. The molecule has 0 aliphatic heterocycles. The molecule has 3 amide bonds. The average molecular weight is 400 g/mol. The zero-order valence-corrected chi connectivity index (χ0v) is 17.1. The smallest absolute Gasteiger partial charge is 0.279 e. The van der Waals surface area contributed by atoms with E-state index in [-0.39, 0.29) is 11.8 Å². The van der Waals surface area contributed by atoms with Crippen molar-refractivity contribution in [2.75, 3.05) is 0 Å². The van der Waals surface area contributed by atoms with E-state index >= 15 is 0 Å². The summed E-state index contributed by atoms with van der Waals surface area (Å²) in [6.45, 7) is 5.68. The molecule has 2 aromatic rings. The van der Waals surface area contributed by atoms with Gasteiger partial charge in [-0.25, -0.2) is 0 Å². The lowest BCUT2D eigenvalue weighted by Gasteiger charge is -2.16. The Morgan fingerprint density at radius 2 is 1.93 bits per heavy atom. The second-order valence-electron chi connectivity index (χ2n) is 7.42. The topological polar surface area (TPSA) is 87.3 Å². The van der Waals surface area contributed by atoms with Crippen LogP contribution in [0.1, 0.15) is 56.3 Å². The molecule has 0 saturated heterocycles. The predicted molar refractivity (Wildman–Crippen MR) is 109 cm³/mol. The van der Waals surface area contributed by atoms with Crippen molar-refractivity contribution in [2.24, 2.45) is 5.92 Å². The number of fused-ring (bicyclic) bond motifs is 1. The van der Waals surface area contributed by atoms with Crippen LogP contribution in [0.2, 0.25) is 0 Å². The lowest BCUT2D eigenvalue weighted by Crippen LogP contribution is -2.51. The highest BCUT2D eigenvalue weighted by Gasteiger charge is 2.22. The Labute approximate surface area is 168 Å². The molecule has 7 heteroatoms. The predicted octanol–water partition coefficient (Wildman–Crippen LogP) is 2.76. The molecule has 0 fully saturated rings. The van der Waals surface area contributed by atoms with Gasteiger partial charge >= 0.3 is 0 Å². The molecule has 0 radical (unpaired) electrons. The maximum absolute atomic E-state index is 12.3. The molecule has 0 spiro atoms.